The molecule has 0 atom stereocenters. The first-order chi connectivity index (χ1) is 11.1. The van der Waals surface area contributed by atoms with E-state index in [4.69, 9.17) is 4.42 Å². The molecule has 0 aliphatic rings. The van der Waals surface area contributed by atoms with Crippen LogP contribution in [0.3, 0.4) is 0 Å². The fraction of sp³-hybridized carbons (Fsp3) is 0.200. The van der Waals surface area contributed by atoms with Gasteiger partial charge in [-0.3, -0.25) is 4.79 Å². The minimum absolute atomic E-state index is 0.178. The summed E-state index contributed by atoms with van der Waals surface area (Å²) in [5.41, 5.74) is 0.735. The van der Waals surface area contributed by atoms with Gasteiger partial charge in [0.2, 0.25) is 11.0 Å². The van der Waals surface area contributed by atoms with Crippen molar-refractivity contribution in [2.24, 2.45) is 0 Å². The van der Waals surface area contributed by atoms with Gasteiger partial charge in [0, 0.05) is 18.4 Å². The Labute approximate surface area is 135 Å². The van der Waals surface area contributed by atoms with Crippen molar-refractivity contribution in [2.45, 2.75) is 19.8 Å². The molecule has 0 spiro atoms. The van der Waals surface area contributed by atoms with Crippen molar-refractivity contribution in [3.05, 3.63) is 47.2 Å². The molecule has 2 aromatic heterocycles. The van der Waals surface area contributed by atoms with E-state index in [0.29, 0.717) is 23.2 Å². The van der Waals surface area contributed by atoms with Crippen LogP contribution in [0.25, 0.3) is 11.3 Å². The Morgan fingerprint density at radius 1 is 1.30 bits per heavy atom. The molecule has 3 rings (SSSR count). The van der Waals surface area contributed by atoms with Gasteiger partial charge in [0.15, 0.2) is 11.7 Å². The van der Waals surface area contributed by atoms with Gasteiger partial charge in [-0.05, 0) is 31.2 Å². The molecule has 0 aliphatic carbocycles. The topological polar surface area (TPSA) is 80.9 Å². The standard InChI is InChI=1S/C15H13FN4O2S/c1-9-19-20-15(23-9)18-13(21)6-7-14-17-8-12(22-14)10-2-4-11(16)5-3-10/h2-5,8H,6-7H2,1H3,(H,18,20,21). The van der Waals surface area contributed by atoms with Crippen molar-refractivity contribution >= 4 is 22.4 Å². The third kappa shape index (κ3) is 3.98. The molecule has 23 heavy (non-hydrogen) atoms. The average molecular weight is 332 g/mol. The number of rotatable bonds is 5. The predicted molar refractivity (Wildman–Crippen MR) is 83.5 cm³/mol. The van der Waals surface area contributed by atoms with E-state index in [1.165, 1.54) is 23.5 Å². The molecule has 1 N–H and O–H groups in total. The first kappa shape index (κ1) is 15.3. The number of carbonyl (C=O) groups is 1. The fourth-order valence-corrected chi connectivity index (χ4v) is 2.53. The van der Waals surface area contributed by atoms with Gasteiger partial charge in [0.25, 0.3) is 0 Å². The van der Waals surface area contributed by atoms with Crippen LogP contribution < -0.4 is 5.32 Å². The average Bonchev–Trinajstić information content (AvgIpc) is 3.15. The summed E-state index contributed by atoms with van der Waals surface area (Å²) >= 11 is 1.32. The Bertz CT molecular complexity index is 813. The molecule has 0 bridgehead atoms. The molecule has 1 amide bonds. The molecule has 0 fully saturated rings. The van der Waals surface area contributed by atoms with Crippen LogP contribution in [0.5, 0.6) is 0 Å². The number of anilines is 1. The van der Waals surface area contributed by atoms with Crippen LogP contribution in [0, 0.1) is 12.7 Å². The zero-order valence-electron chi connectivity index (χ0n) is 12.2. The Morgan fingerprint density at radius 2 is 2.09 bits per heavy atom. The summed E-state index contributed by atoms with van der Waals surface area (Å²) in [6.45, 7) is 1.82. The molecular weight excluding hydrogens is 319 g/mol. The van der Waals surface area contributed by atoms with E-state index in [-0.39, 0.29) is 18.1 Å². The number of oxazole rings is 1. The van der Waals surface area contributed by atoms with Gasteiger partial charge in [-0.1, -0.05) is 11.3 Å². The highest BCUT2D eigenvalue weighted by molar-refractivity contribution is 7.15. The maximum absolute atomic E-state index is 12.9. The summed E-state index contributed by atoms with van der Waals surface area (Å²) in [4.78, 5) is 16.0. The Morgan fingerprint density at radius 3 is 2.78 bits per heavy atom. The van der Waals surface area contributed by atoms with Gasteiger partial charge in [0.05, 0.1) is 6.20 Å². The highest BCUT2D eigenvalue weighted by Gasteiger charge is 2.10. The molecular formula is C15H13FN4O2S. The van der Waals surface area contributed by atoms with E-state index in [0.717, 1.165) is 10.6 Å². The highest BCUT2D eigenvalue weighted by atomic mass is 32.1. The second-order valence-corrected chi connectivity index (χ2v) is 5.98. The van der Waals surface area contributed by atoms with Crippen LogP contribution in [0.1, 0.15) is 17.3 Å². The molecule has 0 radical (unpaired) electrons. The van der Waals surface area contributed by atoms with Crippen molar-refractivity contribution in [1.82, 2.24) is 15.2 Å². The minimum atomic E-state index is -0.308. The first-order valence-corrected chi connectivity index (χ1v) is 7.72. The number of aromatic nitrogens is 3. The maximum Gasteiger partial charge on any atom is 0.226 e. The van der Waals surface area contributed by atoms with Crippen molar-refractivity contribution < 1.29 is 13.6 Å². The van der Waals surface area contributed by atoms with Gasteiger partial charge >= 0.3 is 0 Å². The van der Waals surface area contributed by atoms with Crippen LogP contribution >= 0.6 is 11.3 Å². The lowest BCUT2D eigenvalue weighted by atomic mass is 10.2. The van der Waals surface area contributed by atoms with Gasteiger partial charge < -0.3 is 9.73 Å². The van der Waals surface area contributed by atoms with Crippen LogP contribution in [0.15, 0.2) is 34.9 Å². The Kier molecular flexibility index (Phi) is 4.42. The smallest absolute Gasteiger partial charge is 0.226 e. The number of benzene rings is 1. The third-order valence-corrected chi connectivity index (χ3v) is 3.77. The Balaban J connectivity index is 1.56. The van der Waals surface area contributed by atoms with E-state index < -0.39 is 0 Å². The van der Waals surface area contributed by atoms with Crippen molar-refractivity contribution in [2.75, 3.05) is 5.32 Å². The molecule has 6 nitrogen and oxygen atoms in total. The van der Waals surface area contributed by atoms with Gasteiger partial charge in [-0.25, -0.2) is 9.37 Å². The Hall–Kier alpha value is -2.61. The SMILES string of the molecule is Cc1nnc(NC(=O)CCc2ncc(-c3ccc(F)cc3)o2)s1. The molecule has 0 aliphatic heterocycles. The second kappa shape index (κ2) is 6.66. The lowest BCUT2D eigenvalue weighted by molar-refractivity contribution is -0.116. The predicted octanol–water partition coefficient (Wildman–Crippen LogP) is 3.21. The van der Waals surface area contributed by atoms with Crippen molar-refractivity contribution in [3.8, 4) is 11.3 Å². The van der Waals surface area contributed by atoms with Gasteiger partial charge in [0.1, 0.15) is 10.8 Å². The van der Waals surface area contributed by atoms with E-state index in [1.807, 2.05) is 6.92 Å². The minimum Gasteiger partial charge on any atom is -0.441 e. The van der Waals surface area contributed by atoms with Crippen LogP contribution in [-0.2, 0) is 11.2 Å². The quantitative estimate of drug-likeness (QED) is 0.776. The maximum atomic E-state index is 12.9. The molecule has 1 aromatic carbocycles. The molecule has 2 heterocycles. The first-order valence-electron chi connectivity index (χ1n) is 6.91. The third-order valence-electron chi connectivity index (χ3n) is 3.02. The van der Waals surface area contributed by atoms with E-state index >= 15 is 0 Å². The van der Waals surface area contributed by atoms with E-state index in [1.54, 1.807) is 18.3 Å². The highest BCUT2D eigenvalue weighted by Crippen LogP contribution is 2.21. The molecule has 8 heteroatoms. The van der Waals surface area contributed by atoms with Gasteiger partial charge in [-0.15, -0.1) is 10.2 Å². The molecule has 118 valence electrons. The number of halogens is 1. The second-order valence-electron chi connectivity index (χ2n) is 4.80. The largest absolute Gasteiger partial charge is 0.441 e. The van der Waals surface area contributed by atoms with Crippen LogP contribution in [0.4, 0.5) is 9.52 Å². The van der Waals surface area contributed by atoms with Gasteiger partial charge in [-0.2, -0.15) is 0 Å². The lowest BCUT2D eigenvalue weighted by Gasteiger charge is -1.99. The number of nitrogens with one attached hydrogen (secondary N) is 1. The number of aryl methyl sites for hydroxylation is 2. The number of hydrogen-bond acceptors (Lipinski definition) is 6. The number of carbonyl (C=O) groups excluding carboxylic acids is 1. The summed E-state index contributed by atoms with van der Waals surface area (Å²) in [6.07, 6.45) is 2.15. The van der Waals surface area contributed by atoms with Crippen molar-refractivity contribution in [3.63, 3.8) is 0 Å². The molecule has 3 aromatic rings. The normalized spacial score (nSPS) is 10.7. The summed E-state index contributed by atoms with van der Waals surface area (Å²) < 4.78 is 18.5. The van der Waals surface area contributed by atoms with Crippen LogP contribution in [-0.4, -0.2) is 21.1 Å². The fourth-order valence-electron chi connectivity index (χ4n) is 1.92. The van der Waals surface area contributed by atoms with Crippen molar-refractivity contribution in [1.29, 1.82) is 0 Å². The van der Waals surface area contributed by atoms with Crippen LogP contribution in [0.2, 0.25) is 0 Å². The molecule has 0 unspecified atom stereocenters. The number of amides is 1. The number of hydrogen-bond donors (Lipinski definition) is 1. The summed E-state index contributed by atoms with van der Waals surface area (Å²) in [5.74, 6) is 0.507. The zero-order chi connectivity index (χ0) is 16.2. The number of nitrogens with zero attached hydrogens (tertiary/aromatic N) is 3. The molecule has 0 saturated heterocycles. The summed E-state index contributed by atoms with van der Waals surface area (Å²) in [7, 11) is 0. The summed E-state index contributed by atoms with van der Waals surface area (Å²) in [6, 6.07) is 5.94. The zero-order valence-corrected chi connectivity index (χ0v) is 13.1. The summed E-state index contributed by atoms with van der Waals surface area (Å²) in [5, 5.41) is 11.6. The lowest BCUT2D eigenvalue weighted by Crippen LogP contribution is -2.12. The van der Waals surface area contributed by atoms with E-state index in [9.17, 15) is 9.18 Å². The monoisotopic (exact) mass is 332 g/mol. The van der Waals surface area contributed by atoms with E-state index in [2.05, 4.69) is 20.5 Å². The molecule has 0 saturated carbocycles.